The van der Waals surface area contributed by atoms with Crippen molar-refractivity contribution in [3.63, 3.8) is 0 Å². The molecule has 0 amide bonds. The van der Waals surface area contributed by atoms with Crippen LogP contribution in [-0.2, 0) is 9.53 Å². The van der Waals surface area contributed by atoms with Gasteiger partial charge < -0.3 is 14.8 Å². The highest BCUT2D eigenvalue weighted by atomic mass is 79.9. The number of methoxy groups -OCH3 is 2. The molecule has 0 radical (unpaired) electrons. The van der Waals surface area contributed by atoms with E-state index in [0.29, 0.717) is 12.1 Å². The number of anilines is 1. The number of ether oxygens (including phenoxy) is 2. The zero-order chi connectivity index (χ0) is 13.5. The minimum Gasteiger partial charge on any atom is -0.497 e. The van der Waals surface area contributed by atoms with E-state index >= 15 is 0 Å². The summed E-state index contributed by atoms with van der Waals surface area (Å²) < 4.78 is 10.7. The van der Waals surface area contributed by atoms with Crippen LogP contribution >= 0.6 is 15.9 Å². The maximum Gasteiger partial charge on any atom is 0.333 e. The maximum absolute atomic E-state index is 11.2. The maximum atomic E-state index is 11.2. The Morgan fingerprint density at radius 2 is 2.11 bits per heavy atom. The van der Waals surface area contributed by atoms with E-state index in [-0.39, 0.29) is 5.97 Å². The molecule has 1 rings (SSSR count). The van der Waals surface area contributed by atoms with Gasteiger partial charge >= 0.3 is 5.97 Å². The van der Waals surface area contributed by atoms with Crippen molar-refractivity contribution in [3.05, 3.63) is 34.3 Å². The summed E-state index contributed by atoms with van der Waals surface area (Å²) in [5.41, 5.74) is 1.49. The monoisotopic (exact) mass is 313 g/mol. The summed E-state index contributed by atoms with van der Waals surface area (Å²) in [6.07, 6.45) is 1.78. The van der Waals surface area contributed by atoms with Crippen molar-refractivity contribution in [1.82, 2.24) is 0 Å². The van der Waals surface area contributed by atoms with Gasteiger partial charge in [-0.3, -0.25) is 0 Å². The topological polar surface area (TPSA) is 47.6 Å². The summed E-state index contributed by atoms with van der Waals surface area (Å²) >= 11 is 3.40. The zero-order valence-corrected chi connectivity index (χ0v) is 12.2. The normalized spacial score (nSPS) is 11.0. The molecule has 0 aliphatic heterocycles. The van der Waals surface area contributed by atoms with Crippen LogP contribution in [-0.4, -0.2) is 26.7 Å². The fourth-order valence-electron chi connectivity index (χ4n) is 1.35. The highest BCUT2D eigenvalue weighted by Crippen LogP contribution is 2.24. The van der Waals surface area contributed by atoms with Crippen molar-refractivity contribution in [2.75, 3.05) is 26.1 Å². The Hall–Kier alpha value is -1.49. The van der Waals surface area contributed by atoms with Crippen LogP contribution < -0.4 is 10.1 Å². The Bertz CT molecular complexity index is 458. The van der Waals surface area contributed by atoms with Gasteiger partial charge in [-0.1, -0.05) is 22.0 Å². The van der Waals surface area contributed by atoms with Crippen molar-refractivity contribution in [3.8, 4) is 5.75 Å². The lowest BCUT2D eigenvalue weighted by Gasteiger charge is -2.07. The largest absolute Gasteiger partial charge is 0.497 e. The summed E-state index contributed by atoms with van der Waals surface area (Å²) in [7, 11) is 2.99. The molecule has 0 atom stereocenters. The molecule has 0 heterocycles. The third-order valence-electron chi connectivity index (χ3n) is 2.33. The van der Waals surface area contributed by atoms with Crippen LogP contribution in [0.1, 0.15) is 6.92 Å². The number of rotatable bonds is 5. The van der Waals surface area contributed by atoms with E-state index in [1.54, 1.807) is 20.1 Å². The summed E-state index contributed by atoms with van der Waals surface area (Å²) in [4.78, 5) is 11.2. The van der Waals surface area contributed by atoms with Gasteiger partial charge in [0.15, 0.2) is 0 Å². The first kappa shape index (κ1) is 14.6. The first-order valence-electron chi connectivity index (χ1n) is 5.40. The number of benzene rings is 1. The molecule has 0 aliphatic carbocycles. The Kier molecular flexibility index (Phi) is 5.71. The number of carbonyl (C=O) groups is 1. The molecule has 0 spiro atoms. The predicted octanol–water partition coefficient (Wildman–Crippen LogP) is 2.99. The molecule has 1 aromatic rings. The van der Waals surface area contributed by atoms with Gasteiger partial charge in [0.1, 0.15) is 5.75 Å². The van der Waals surface area contributed by atoms with Crippen molar-refractivity contribution in [2.24, 2.45) is 0 Å². The third kappa shape index (κ3) is 4.41. The van der Waals surface area contributed by atoms with Gasteiger partial charge in [-0.15, -0.1) is 0 Å². The number of hydrogen-bond donors (Lipinski definition) is 1. The Balaban J connectivity index is 2.64. The minimum absolute atomic E-state index is 0.316. The van der Waals surface area contributed by atoms with Gasteiger partial charge in [0.25, 0.3) is 0 Å². The molecule has 0 saturated carbocycles. The SMILES string of the molecule is COC(=O)/C(C)=C/CNc1cc(Br)cc(OC)c1. The number of nitrogens with one attached hydrogen (secondary N) is 1. The van der Waals surface area contributed by atoms with E-state index in [1.807, 2.05) is 18.2 Å². The van der Waals surface area contributed by atoms with Gasteiger partial charge in [-0.05, 0) is 19.1 Å². The van der Waals surface area contributed by atoms with Crippen LogP contribution in [0.2, 0.25) is 0 Å². The van der Waals surface area contributed by atoms with Crippen LogP contribution in [0.5, 0.6) is 5.75 Å². The fourth-order valence-corrected chi connectivity index (χ4v) is 1.82. The first-order chi connectivity index (χ1) is 8.56. The molecule has 1 aromatic carbocycles. The van der Waals surface area contributed by atoms with E-state index in [4.69, 9.17) is 4.74 Å². The van der Waals surface area contributed by atoms with E-state index in [2.05, 4.69) is 26.0 Å². The van der Waals surface area contributed by atoms with E-state index in [9.17, 15) is 4.79 Å². The lowest BCUT2D eigenvalue weighted by Crippen LogP contribution is -2.05. The minimum atomic E-state index is -0.316. The van der Waals surface area contributed by atoms with Gasteiger partial charge in [-0.2, -0.15) is 0 Å². The Morgan fingerprint density at radius 3 is 2.72 bits per heavy atom. The summed E-state index contributed by atoms with van der Waals surface area (Å²) in [6, 6.07) is 5.69. The average molecular weight is 314 g/mol. The number of hydrogen-bond acceptors (Lipinski definition) is 4. The van der Waals surface area contributed by atoms with Crippen LogP contribution in [0.25, 0.3) is 0 Å². The molecular formula is C13H16BrNO3. The molecule has 0 saturated heterocycles. The highest BCUT2D eigenvalue weighted by molar-refractivity contribution is 9.10. The molecule has 4 nitrogen and oxygen atoms in total. The Labute approximate surface area is 115 Å². The lowest BCUT2D eigenvalue weighted by molar-refractivity contribution is -0.136. The molecule has 0 unspecified atom stereocenters. The van der Waals surface area contributed by atoms with Crippen molar-refractivity contribution in [1.29, 1.82) is 0 Å². The van der Waals surface area contributed by atoms with E-state index in [0.717, 1.165) is 15.9 Å². The number of carbonyl (C=O) groups excluding carboxylic acids is 1. The molecule has 0 bridgehead atoms. The van der Waals surface area contributed by atoms with Gasteiger partial charge in [0.05, 0.1) is 14.2 Å². The third-order valence-corrected chi connectivity index (χ3v) is 2.79. The van der Waals surface area contributed by atoms with Gasteiger partial charge in [0, 0.05) is 28.3 Å². The van der Waals surface area contributed by atoms with Crippen LogP contribution in [0.4, 0.5) is 5.69 Å². The van der Waals surface area contributed by atoms with Crippen molar-refractivity contribution < 1.29 is 14.3 Å². The van der Waals surface area contributed by atoms with Crippen LogP contribution in [0.3, 0.4) is 0 Å². The summed E-state index contributed by atoms with van der Waals surface area (Å²) in [5, 5.41) is 3.18. The molecule has 0 aromatic heterocycles. The van der Waals surface area contributed by atoms with Gasteiger partial charge in [0.2, 0.25) is 0 Å². The zero-order valence-electron chi connectivity index (χ0n) is 10.6. The Morgan fingerprint density at radius 1 is 1.39 bits per heavy atom. The molecule has 18 heavy (non-hydrogen) atoms. The van der Waals surface area contributed by atoms with E-state index in [1.165, 1.54) is 7.11 Å². The second kappa shape index (κ2) is 7.06. The second-order valence-corrected chi connectivity index (χ2v) is 4.56. The second-order valence-electron chi connectivity index (χ2n) is 3.64. The molecule has 98 valence electrons. The molecule has 1 N–H and O–H groups in total. The lowest BCUT2D eigenvalue weighted by atomic mass is 10.2. The fraction of sp³-hybridized carbons (Fsp3) is 0.308. The summed E-state index contributed by atoms with van der Waals surface area (Å²) in [5.74, 6) is 0.448. The number of halogens is 1. The first-order valence-corrected chi connectivity index (χ1v) is 6.19. The smallest absolute Gasteiger partial charge is 0.333 e. The molecule has 5 heteroatoms. The van der Waals surface area contributed by atoms with E-state index < -0.39 is 0 Å². The molecule has 0 aliphatic rings. The van der Waals surface area contributed by atoms with Gasteiger partial charge in [-0.25, -0.2) is 4.79 Å². The highest BCUT2D eigenvalue weighted by Gasteiger charge is 2.02. The average Bonchev–Trinajstić information content (AvgIpc) is 2.36. The molecular weight excluding hydrogens is 298 g/mol. The van der Waals surface area contributed by atoms with Crippen LogP contribution in [0.15, 0.2) is 34.3 Å². The quantitative estimate of drug-likeness (QED) is 0.670. The number of esters is 1. The van der Waals surface area contributed by atoms with Crippen molar-refractivity contribution >= 4 is 27.6 Å². The standard InChI is InChI=1S/C13H16BrNO3/c1-9(13(16)18-3)4-5-15-11-6-10(14)7-12(8-11)17-2/h4,6-8,15H,5H2,1-3H3/b9-4+. The molecule has 0 fully saturated rings. The van der Waals surface area contributed by atoms with Crippen molar-refractivity contribution in [2.45, 2.75) is 6.92 Å². The predicted molar refractivity (Wildman–Crippen MR) is 75.0 cm³/mol. The summed E-state index contributed by atoms with van der Waals surface area (Å²) in [6.45, 7) is 2.26. The van der Waals surface area contributed by atoms with Crippen LogP contribution in [0, 0.1) is 0 Å².